The van der Waals surface area contributed by atoms with Crippen LogP contribution in [0.5, 0.6) is 0 Å². The van der Waals surface area contributed by atoms with Crippen LogP contribution in [0, 0.1) is 0 Å². The number of hydrogen-bond donors (Lipinski definition) is 2. The molecule has 20 heavy (non-hydrogen) atoms. The zero-order chi connectivity index (χ0) is 14.3. The van der Waals surface area contributed by atoms with Crippen molar-refractivity contribution in [3.05, 3.63) is 30.0 Å². The first-order valence-corrected chi connectivity index (χ1v) is 5.89. The molecule has 0 saturated carbocycles. The van der Waals surface area contributed by atoms with Crippen LogP contribution in [0.2, 0.25) is 0 Å². The van der Waals surface area contributed by atoms with Crippen molar-refractivity contribution >= 4 is 29.2 Å². The molecule has 2 N–H and O–H groups in total. The highest BCUT2D eigenvalue weighted by molar-refractivity contribution is 6.05. The van der Waals surface area contributed by atoms with Crippen LogP contribution >= 0.6 is 0 Å². The fourth-order valence-corrected chi connectivity index (χ4v) is 2.10. The molecule has 102 valence electrons. The van der Waals surface area contributed by atoms with E-state index in [1.54, 1.807) is 12.3 Å². The largest absolute Gasteiger partial charge is 0.478 e. The van der Waals surface area contributed by atoms with Crippen molar-refractivity contribution < 1.29 is 19.5 Å². The Morgan fingerprint density at radius 1 is 1.40 bits per heavy atom. The average molecular weight is 274 g/mol. The molecule has 8 nitrogen and oxygen atoms in total. The Hall–Kier alpha value is -2.90. The van der Waals surface area contributed by atoms with E-state index >= 15 is 0 Å². The van der Waals surface area contributed by atoms with Crippen molar-refractivity contribution in [3.8, 4) is 0 Å². The molecule has 3 rings (SSSR count). The maximum atomic E-state index is 11.7. The summed E-state index contributed by atoms with van der Waals surface area (Å²) in [6.07, 6.45) is 1.78. The lowest BCUT2D eigenvalue weighted by molar-refractivity contribution is -0.120. The molecule has 1 aliphatic rings. The monoisotopic (exact) mass is 274 g/mol. The fourth-order valence-electron chi connectivity index (χ4n) is 2.10. The second-order valence-corrected chi connectivity index (χ2v) is 4.31. The molecule has 0 aliphatic carbocycles. The molecule has 3 heterocycles. The molecule has 0 radical (unpaired) electrons. The molecule has 8 heteroatoms. The van der Waals surface area contributed by atoms with E-state index < -0.39 is 12.0 Å². The number of aromatic nitrogens is 2. The second-order valence-electron chi connectivity index (χ2n) is 4.31. The van der Waals surface area contributed by atoms with Crippen LogP contribution in [-0.4, -0.2) is 39.2 Å². The third-order valence-corrected chi connectivity index (χ3v) is 3.05. The number of nitrogens with zero attached hydrogens (tertiary/aromatic N) is 3. The summed E-state index contributed by atoms with van der Waals surface area (Å²) in [4.78, 5) is 35.3. The minimum absolute atomic E-state index is 0.0970. The van der Waals surface area contributed by atoms with Crippen molar-refractivity contribution in [1.82, 2.24) is 14.9 Å². The summed E-state index contributed by atoms with van der Waals surface area (Å²) in [5.74, 6) is -1.09. The van der Waals surface area contributed by atoms with Gasteiger partial charge in [-0.25, -0.2) is 14.1 Å². The van der Waals surface area contributed by atoms with Gasteiger partial charge >= 0.3 is 12.0 Å². The standard InChI is InChI=1S/C12H10N4O4/c17-10-3-5-15(12(20)13-10)9-6-8-7(11(18)19)2-1-4-16(8)14-9/h1-2,4,6H,3,5H2,(H,18,19)(H,13,17,20). The molecular formula is C12H10N4O4. The Bertz CT molecular complexity index is 736. The topological polar surface area (TPSA) is 104 Å². The van der Waals surface area contributed by atoms with Gasteiger partial charge < -0.3 is 5.11 Å². The molecule has 0 aromatic carbocycles. The Labute approximate surface area is 112 Å². The van der Waals surface area contributed by atoms with E-state index in [0.717, 1.165) is 0 Å². The van der Waals surface area contributed by atoms with E-state index in [4.69, 9.17) is 5.11 Å². The predicted molar refractivity (Wildman–Crippen MR) is 67.7 cm³/mol. The van der Waals surface area contributed by atoms with E-state index in [2.05, 4.69) is 10.4 Å². The lowest BCUT2D eigenvalue weighted by Crippen LogP contribution is -2.49. The number of fused-ring (bicyclic) bond motifs is 1. The number of nitrogens with one attached hydrogen (secondary N) is 1. The van der Waals surface area contributed by atoms with Gasteiger partial charge in [-0.15, -0.1) is 5.10 Å². The van der Waals surface area contributed by atoms with E-state index in [1.165, 1.54) is 21.5 Å². The summed E-state index contributed by atoms with van der Waals surface area (Å²) in [6.45, 7) is 0.219. The summed E-state index contributed by atoms with van der Waals surface area (Å²) >= 11 is 0. The molecule has 2 aromatic rings. The third-order valence-electron chi connectivity index (χ3n) is 3.05. The van der Waals surface area contributed by atoms with Crippen molar-refractivity contribution in [2.24, 2.45) is 0 Å². The number of carbonyl (C=O) groups is 3. The SMILES string of the molecule is O=C1CCN(c2cc3c(C(=O)O)cccn3n2)C(=O)N1. The molecule has 3 amide bonds. The molecule has 0 spiro atoms. The van der Waals surface area contributed by atoms with Gasteiger partial charge in [0.15, 0.2) is 5.82 Å². The number of carbonyl (C=O) groups excluding carboxylic acids is 2. The zero-order valence-corrected chi connectivity index (χ0v) is 10.2. The highest BCUT2D eigenvalue weighted by atomic mass is 16.4. The lowest BCUT2D eigenvalue weighted by Gasteiger charge is -2.23. The van der Waals surface area contributed by atoms with Gasteiger partial charge in [0.25, 0.3) is 0 Å². The highest BCUT2D eigenvalue weighted by Gasteiger charge is 2.26. The molecule has 0 unspecified atom stereocenters. The number of pyridine rings is 1. The number of aromatic carboxylic acids is 1. The molecule has 1 aliphatic heterocycles. The third kappa shape index (κ3) is 1.87. The van der Waals surface area contributed by atoms with Crippen LogP contribution in [0.15, 0.2) is 24.4 Å². The molecule has 0 atom stereocenters. The normalized spacial score (nSPS) is 15.5. The molecule has 0 bridgehead atoms. The number of amides is 3. The van der Waals surface area contributed by atoms with Crippen molar-refractivity contribution in [2.45, 2.75) is 6.42 Å². The number of carboxylic acid groups (broad SMARTS) is 1. The Morgan fingerprint density at radius 2 is 2.20 bits per heavy atom. The maximum Gasteiger partial charge on any atom is 0.337 e. The van der Waals surface area contributed by atoms with Gasteiger partial charge in [-0.1, -0.05) is 0 Å². The average Bonchev–Trinajstić information content (AvgIpc) is 2.81. The quantitative estimate of drug-likeness (QED) is 0.828. The van der Waals surface area contributed by atoms with Gasteiger partial charge in [0, 0.05) is 25.2 Å². The smallest absolute Gasteiger partial charge is 0.337 e. The number of carboxylic acids is 1. The number of urea groups is 1. The Balaban J connectivity index is 2.05. The van der Waals surface area contributed by atoms with Crippen LogP contribution in [0.25, 0.3) is 5.52 Å². The van der Waals surface area contributed by atoms with Crippen LogP contribution in [0.4, 0.5) is 10.6 Å². The summed E-state index contributed by atoms with van der Waals surface area (Å²) in [7, 11) is 0. The van der Waals surface area contributed by atoms with E-state index in [9.17, 15) is 14.4 Å². The minimum atomic E-state index is -1.07. The van der Waals surface area contributed by atoms with E-state index in [1.807, 2.05) is 0 Å². The van der Waals surface area contributed by atoms with Crippen LogP contribution < -0.4 is 10.2 Å². The number of anilines is 1. The first kappa shape index (κ1) is 12.2. The van der Waals surface area contributed by atoms with Crippen molar-refractivity contribution in [3.63, 3.8) is 0 Å². The molecular weight excluding hydrogens is 264 g/mol. The van der Waals surface area contributed by atoms with Gasteiger partial charge in [-0.05, 0) is 12.1 Å². The lowest BCUT2D eigenvalue weighted by atomic mass is 10.2. The first-order chi connectivity index (χ1) is 9.56. The fraction of sp³-hybridized carbons (Fsp3) is 0.167. The molecule has 1 saturated heterocycles. The molecule has 1 fully saturated rings. The summed E-state index contributed by atoms with van der Waals surface area (Å²) in [5, 5.41) is 15.5. The van der Waals surface area contributed by atoms with Gasteiger partial charge in [0.05, 0.1) is 11.1 Å². The Kier molecular flexibility index (Phi) is 2.63. The van der Waals surface area contributed by atoms with Crippen LogP contribution in [0.1, 0.15) is 16.8 Å². The van der Waals surface area contributed by atoms with Crippen LogP contribution in [0.3, 0.4) is 0 Å². The van der Waals surface area contributed by atoms with E-state index in [0.29, 0.717) is 11.3 Å². The van der Waals surface area contributed by atoms with Gasteiger partial charge in [0.2, 0.25) is 5.91 Å². The number of hydrogen-bond acceptors (Lipinski definition) is 4. The minimum Gasteiger partial charge on any atom is -0.478 e. The zero-order valence-electron chi connectivity index (χ0n) is 10.2. The van der Waals surface area contributed by atoms with Crippen molar-refractivity contribution in [2.75, 3.05) is 11.4 Å². The van der Waals surface area contributed by atoms with Crippen LogP contribution in [-0.2, 0) is 4.79 Å². The maximum absolute atomic E-state index is 11.7. The van der Waals surface area contributed by atoms with Gasteiger partial charge in [0.1, 0.15) is 0 Å². The summed E-state index contributed by atoms with van der Waals surface area (Å²) < 4.78 is 1.39. The highest BCUT2D eigenvalue weighted by Crippen LogP contribution is 2.20. The van der Waals surface area contributed by atoms with E-state index in [-0.39, 0.29) is 24.4 Å². The summed E-state index contributed by atoms with van der Waals surface area (Å²) in [6, 6.07) is 3.98. The predicted octanol–water partition coefficient (Wildman–Crippen LogP) is 0.479. The van der Waals surface area contributed by atoms with Gasteiger partial charge in [-0.2, -0.15) is 0 Å². The molecule has 2 aromatic heterocycles. The van der Waals surface area contributed by atoms with Crippen molar-refractivity contribution in [1.29, 1.82) is 0 Å². The second kappa shape index (κ2) is 4.34. The number of imide groups is 1. The number of rotatable bonds is 2. The summed E-state index contributed by atoms with van der Waals surface area (Å²) in [5.41, 5.74) is 0.486. The Morgan fingerprint density at radius 3 is 2.90 bits per heavy atom. The van der Waals surface area contributed by atoms with Gasteiger partial charge in [-0.3, -0.25) is 15.0 Å². The first-order valence-electron chi connectivity index (χ1n) is 5.89.